The summed E-state index contributed by atoms with van der Waals surface area (Å²) in [5.41, 5.74) is 2.72. The van der Waals surface area contributed by atoms with E-state index < -0.39 is 16.1 Å². The summed E-state index contributed by atoms with van der Waals surface area (Å²) in [7, 11) is -3.64. The normalized spacial score (nSPS) is 22.3. The summed E-state index contributed by atoms with van der Waals surface area (Å²) in [6, 6.07) is 8.25. The predicted molar refractivity (Wildman–Crippen MR) is 91.6 cm³/mol. The zero-order valence-electron chi connectivity index (χ0n) is 14.1. The van der Waals surface area contributed by atoms with Gasteiger partial charge in [0.1, 0.15) is 6.04 Å². The number of aryl methyl sites for hydroxylation is 2. The van der Waals surface area contributed by atoms with Crippen LogP contribution in [0.2, 0.25) is 0 Å². The number of amides is 1. The Balaban J connectivity index is 1.48. The molecule has 7 nitrogen and oxygen atoms in total. The van der Waals surface area contributed by atoms with Crippen LogP contribution in [0.3, 0.4) is 0 Å². The highest BCUT2D eigenvalue weighted by molar-refractivity contribution is 7.89. The maximum Gasteiger partial charge on any atom is 0.241 e. The molecular weight excluding hydrogens is 340 g/mol. The Kier molecular flexibility index (Phi) is 3.69. The molecule has 2 aromatic rings. The van der Waals surface area contributed by atoms with Crippen molar-refractivity contribution >= 4 is 15.9 Å². The van der Waals surface area contributed by atoms with Crippen molar-refractivity contribution in [2.45, 2.75) is 37.2 Å². The molecule has 2 aliphatic heterocycles. The van der Waals surface area contributed by atoms with Gasteiger partial charge in [0, 0.05) is 18.8 Å². The fraction of sp³-hybridized carbons (Fsp3) is 0.412. The minimum Gasteiger partial charge on any atom is -0.337 e. The molecule has 2 aliphatic rings. The number of rotatable bonds is 2. The highest BCUT2D eigenvalue weighted by atomic mass is 32.2. The Labute approximate surface area is 146 Å². The third-order valence-electron chi connectivity index (χ3n) is 4.85. The standard InChI is InChI=1S/C17H20N4O3S/c1-11-7-12(2)21(18-11)14-9-20(10-14)17(22)15-8-13-5-3-4-6-16(13)25(23,24)19-15/h3-7,14-15,19H,8-10H2,1-2H3/t15-/m0/s1. The second kappa shape index (κ2) is 5.67. The molecule has 1 fully saturated rings. The number of fused-ring (bicyclic) bond motifs is 1. The largest absolute Gasteiger partial charge is 0.337 e. The molecule has 0 bridgehead atoms. The van der Waals surface area contributed by atoms with Gasteiger partial charge in [0.2, 0.25) is 15.9 Å². The van der Waals surface area contributed by atoms with Gasteiger partial charge in [0.05, 0.1) is 16.6 Å². The Bertz CT molecular complexity index is 945. The zero-order chi connectivity index (χ0) is 17.8. The number of hydrogen-bond donors (Lipinski definition) is 1. The van der Waals surface area contributed by atoms with Crippen molar-refractivity contribution < 1.29 is 13.2 Å². The Morgan fingerprint density at radius 2 is 1.96 bits per heavy atom. The van der Waals surface area contributed by atoms with Crippen LogP contribution in [0, 0.1) is 13.8 Å². The van der Waals surface area contributed by atoms with Crippen LogP contribution in [0.4, 0.5) is 0 Å². The van der Waals surface area contributed by atoms with E-state index in [1.165, 1.54) is 0 Å². The Morgan fingerprint density at radius 1 is 1.24 bits per heavy atom. The number of likely N-dealkylation sites (tertiary alicyclic amines) is 1. The van der Waals surface area contributed by atoms with Crippen molar-refractivity contribution in [1.29, 1.82) is 0 Å². The van der Waals surface area contributed by atoms with Crippen LogP contribution in [-0.2, 0) is 21.2 Å². The van der Waals surface area contributed by atoms with E-state index in [0.29, 0.717) is 25.1 Å². The van der Waals surface area contributed by atoms with Crippen molar-refractivity contribution in [2.24, 2.45) is 0 Å². The van der Waals surface area contributed by atoms with Gasteiger partial charge in [-0.2, -0.15) is 9.82 Å². The van der Waals surface area contributed by atoms with Gasteiger partial charge in [0.25, 0.3) is 0 Å². The minimum atomic E-state index is -3.64. The first kappa shape index (κ1) is 16.3. The molecule has 0 radical (unpaired) electrons. The molecule has 1 aromatic heterocycles. The van der Waals surface area contributed by atoms with Crippen LogP contribution in [-0.4, -0.2) is 48.1 Å². The molecule has 1 aromatic carbocycles. The van der Waals surface area contributed by atoms with Gasteiger partial charge in [-0.25, -0.2) is 8.42 Å². The minimum absolute atomic E-state index is 0.158. The highest BCUT2D eigenvalue weighted by Gasteiger charge is 2.40. The first-order valence-electron chi connectivity index (χ1n) is 8.27. The summed E-state index contributed by atoms with van der Waals surface area (Å²) in [5, 5.41) is 4.46. The average molecular weight is 360 g/mol. The number of nitrogens with zero attached hydrogens (tertiary/aromatic N) is 3. The Hall–Kier alpha value is -2.19. The smallest absolute Gasteiger partial charge is 0.241 e. The van der Waals surface area contributed by atoms with Crippen LogP contribution in [0.25, 0.3) is 0 Å². The average Bonchev–Trinajstić information content (AvgIpc) is 2.83. The summed E-state index contributed by atoms with van der Waals surface area (Å²) in [6.07, 6.45) is 0.384. The summed E-state index contributed by atoms with van der Waals surface area (Å²) in [5.74, 6) is -0.171. The molecule has 1 saturated heterocycles. The van der Waals surface area contributed by atoms with E-state index in [1.54, 1.807) is 29.2 Å². The SMILES string of the molecule is Cc1cc(C)n(C2CN(C(=O)[C@@H]3Cc4ccccc4S(=O)(=O)N3)C2)n1. The first-order chi connectivity index (χ1) is 11.8. The van der Waals surface area contributed by atoms with E-state index >= 15 is 0 Å². The number of hydrogen-bond acceptors (Lipinski definition) is 4. The molecule has 8 heteroatoms. The van der Waals surface area contributed by atoms with Crippen molar-refractivity contribution in [3.63, 3.8) is 0 Å². The van der Waals surface area contributed by atoms with Gasteiger partial charge in [0.15, 0.2) is 0 Å². The van der Waals surface area contributed by atoms with E-state index in [2.05, 4.69) is 9.82 Å². The van der Waals surface area contributed by atoms with Crippen molar-refractivity contribution in [2.75, 3.05) is 13.1 Å². The summed E-state index contributed by atoms with van der Waals surface area (Å²) in [6.45, 7) is 5.05. The molecule has 1 amide bonds. The summed E-state index contributed by atoms with van der Waals surface area (Å²) in [4.78, 5) is 14.7. The molecule has 25 heavy (non-hydrogen) atoms. The number of benzene rings is 1. The topological polar surface area (TPSA) is 84.3 Å². The Morgan fingerprint density at radius 3 is 2.64 bits per heavy atom. The fourth-order valence-electron chi connectivity index (χ4n) is 3.61. The zero-order valence-corrected chi connectivity index (χ0v) is 15.0. The van der Waals surface area contributed by atoms with E-state index in [-0.39, 0.29) is 16.8 Å². The third-order valence-corrected chi connectivity index (χ3v) is 6.42. The summed E-state index contributed by atoms with van der Waals surface area (Å²) < 4.78 is 29.2. The second-order valence-electron chi connectivity index (χ2n) is 6.75. The first-order valence-corrected chi connectivity index (χ1v) is 9.75. The molecule has 0 unspecified atom stereocenters. The number of carbonyl (C=O) groups excluding carboxylic acids is 1. The van der Waals surface area contributed by atoms with Crippen molar-refractivity contribution in [3.8, 4) is 0 Å². The maximum absolute atomic E-state index is 12.7. The van der Waals surface area contributed by atoms with E-state index in [9.17, 15) is 13.2 Å². The molecule has 1 atom stereocenters. The van der Waals surface area contributed by atoms with Crippen LogP contribution >= 0.6 is 0 Å². The molecule has 1 N–H and O–H groups in total. The molecule has 4 rings (SSSR count). The van der Waals surface area contributed by atoms with E-state index in [1.807, 2.05) is 24.6 Å². The predicted octanol–water partition coefficient (Wildman–Crippen LogP) is 0.786. The van der Waals surface area contributed by atoms with Crippen LogP contribution in [0.5, 0.6) is 0 Å². The van der Waals surface area contributed by atoms with Crippen LogP contribution in [0.15, 0.2) is 35.2 Å². The number of aromatic nitrogens is 2. The van der Waals surface area contributed by atoms with Gasteiger partial charge in [-0.1, -0.05) is 18.2 Å². The fourth-order valence-corrected chi connectivity index (χ4v) is 5.05. The number of sulfonamides is 1. The number of nitrogens with one attached hydrogen (secondary N) is 1. The monoisotopic (exact) mass is 360 g/mol. The maximum atomic E-state index is 12.7. The molecular formula is C17H20N4O3S. The molecule has 0 aliphatic carbocycles. The van der Waals surface area contributed by atoms with Crippen LogP contribution < -0.4 is 4.72 Å². The quantitative estimate of drug-likeness (QED) is 0.858. The van der Waals surface area contributed by atoms with Gasteiger partial charge in [-0.3, -0.25) is 9.48 Å². The van der Waals surface area contributed by atoms with Gasteiger partial charge < -0.3 is 4.90 Å². The molecule has 132 valence electrons. The van der Waals surface area contributed by atoms with Crippen molar-refractivity contribution in [1.82, 2.24) is 19.4 Å². The third kappa shape index (κ3) is 2.75. The molecule has 0 spiro atoms. The second-order valence-corrected chi connectivity index (χ2v) is 8.44. The van der Waals surface area contributed by atoms with Gasteiger partial charge >= 0.3 is 0 Å². The van der Waals surface area contributed by atoms with Crippen molar-refractivity contribution in [3.05, 3.63) is 47.3 Å². The van der Waals surface area contributed by atoms with E-state index in [0.717, 1.165) is 11.4 Å². The highest BCUT2D eigenvalue weighted by Crippen LogP contribution is 2.27. The lowest BCUT2D eigenvalue weighted by molar-refractivity contribution is -0.139. The molecule has 0 saturated carbocycles. The number of carbonyl (C=O) groups is 1. The lowest BCUT2D eigenvalue weighted by atomic mass is 10.0. The summed E-state index contributed by atoms with van der Waals surface area (Å²) >= 11 is 0. The lowest BCUT2D eigenvalue weighted by Gasteiger charge is -2.42. The van der Waals surface area contributed by atoms with E-state index in [4.69, 9.17) is 0 Å². The van der Waals surface area contributed by atoms with Gasteiger partial charge in [-0.05, 0) is 38.0 Å². The lowest BCUT2D eigenvalue weighted by Crippen LogP contribution is -2.59. The molecule has 3 heterocycles. The van der Waals surface area contributed by atoms with Crippen LogP contribution in [0.1, 0.15) is 23.0 Å². The van der Waals surface area contributed by atoms with Gasteiger partial charge in [-0.15, -0.1) is 0 Å².